The molecule has 2 aromatic carbocycles. The topological polar surface area (TPSA) is 32.3 Å². The number of anilines is 1. The van der Waals surface area contributed by atoms with Gasteiger partial charge in [0.05, 0.1) is 5.02 Å². The van der Waals surface area contributed by atoms with Crippen LogP contribution in [0.3, 0.4) is 0 Å². The molecular formula is C19H19BrClFN2O. The average Bonchev–Trinajstić information content (AvgIpc) is 2.61. The van der Waals surface area contributed by atoms with Gasteiger partial charge in [-0.05, 0) is 61.8 Å². The number of rotatable bonds is 4. The molecule has 3 nitrogen and oxygen atoms in total. The first-order valence-electron chi connectivity index (χ1n) is 8.24. The van der Waals surface area contributed by atoms with E-state index in [9.17, 15) is 9.18 Å². The van der Waals surface area contributed by atoms with E-state index in [4.69, 9.17) is 11.6 Å². The molecule has 1 heterocycles. The van der Waals surface area contributed by atoms with Crippen LogP contribution in [0.2, 0.25) is 5.02 Å². The van der Waals surface area contributed by atoms with Gasteiger partial charge in [0.1, 0.15) is 5.82 Å². The Kier molecular flexibility index (Phi) is 6.10. The van der Waals surface area contributed by atoms with Crippen molar-refractivity contribution in [2.75, 3.05) is 18.4 Å². The fourth-order valence-corrected chi connectivity index (χ4v) is 3.46. The van der Waals surface area contributed by atoms with Gasteiger partial charge in [-0.2, -0.15) is 0 Å². The maximum atomic E-state index is 13.2. The van der Waals surface area contributed by atoms with Gasteiger partial charge >= 0.3 is 0 Å². The summed E-state index contributed by atoms with van der Waals surface area (Å²) in [6.45, 7) is 2.67. The third-order valence-corrected chi connectivity index (χ3v) is 5.28. The van der Waals surface area contributed by atoms with Gasteiger partial charge in [-0.15, -0.1) is 0 Å². The van der Waals surface area contributed by atoms with Gasteiger partial charge in [0.25, 0.3) is 0 Å². The SMILES string of the molecule is O=C(Nc1ccc(F)c(Cl)c1)C1CCN(Cc2ccc(Br)cc2)CC1. The number of likely N-dealkylation sites (tertiary alicyclic amines) is 1. The van der Waals surface area contributed by atoms with Crippen molar-refractivity contribution >= 4 is 39.1 Å². The average molecular weight is 426 g/mol. The van der Waals surface area contributed by atoms with Crippen molar-refractivity contribution in [3.8, 4) is 0 Å². The number of nitrogens with one attached hydrogen (secondary N) is 1. The molecule has 0 radical (unpaired) electrons. The van der Waals surface area contributed by atoms with Crippen molar-refractivity contribution in [3.63, 3.8) is 0 Å². The molecule has 1 amide bonds. The molecule has 0 aromatic heterocycles. The van der Waals surface area contributed by atoms with E-state index in [0.29, 0.717) is 5.69 Å². The van der Waals surface area contributed by atoms with Crippen LogP contribution in [-0.2, 0) is 11.3 Å². The molecule has 2 aromatic rings. The van der Waals surface area contributed by atoms with Crippen LogP contribution in [0.25, 0.3) is 0 Å². The van der Waals surface area contributed by atoms with Crippen molar-refractivity contribution in [1.29, 1.82) is 0 Å². The van der Waals surface area contributed by atoms with Crippen LogP contribution in [0.1, 0.15) is 18.4 Å². The Labute approximate surface area is 160 Å². The Bertz CT molecular complexity index is 746. The summed E-state index contributed by atoms with van der Waals surface area (Å²) in [6, 6.07) is 12.5. The van der Waals surface area contributed by atoms with Crippen LogP contribution in [-0.4, -0.2) is 23.9 Å². The Morgan fingerprint density at radius 1 is 1.20 bits per heavy atom. The highest BCUT2D eigenvalue weighted by atomic mass is 79.9. The molecule has 0 saturated carbocycles. The second-order valence-electron chi connectivity index (χ2n) is 6.30. The summed E-state index contributed by atoms with van der Waals surface area (Å²) in [5.41, 5.74) is 1.81. The second kappa shape index (κ2) is 8.30. The molecule has 0 atom stereocenters. The molecule has 1 aliphatic rings. The van der Waals surface area contributed by atoms with Crippen molar-refractivity contribution < 1.29 is 9.18 Å². The van der Waals surface area contributed by atoms with E-state index in [2.05, 4.69) is 38.3 Å². The van der Waals surface area contributed by atoms with Crippen molar-refractivity contribution in [1.82, 2.24) is 4.90 Å². The van der Waals surface area contributed by atoms with E-state index in [0.717, 1.165) is 36.9 Å². The quantitative estimate of drug-likeness (QED) is 0.740. The fraction of sp³-hybridized carbons (Fsp3) is 0.316. The number of benzene rings is 2. The molecular weight excluding hydrogens is 407 g/mol. The van der Waals surface area contributed by atoms with Gasteiger partial charge in [-0.25, -0.2) is 4.39 Å². The molecule has 0 unspecified atom stereocenters. The number of amides is 1. The molecule has 1 saturated heterocycles. The zero-order valence-corrected chi connectivity index (χ0v) is 16.0. The van der Waals surface area contributed by atoms with Crippen LogP contribution >= 0.6 is 27.5 Å². The molecule has 1 fully saturated rings. The number of hydrogen-bond donors (Lipinski definition) is 1. The molecule has 0 spiro atoms. The van der Waals surface area contributed by atoms with Gasteiger partial charge < -0.3 is 5.32 Å². The van der Waals surface area contributed by atoms with E-state index < -0.39 is 5.82 Å². The summed E-state index contributed by atoms with van der Waals surface area (Å²) in [7, 11) is 0. The number of piperidine rings is 1. The highest BCUT2D eigenvalue weighted by Crippen LogP contribution is 2.23. The molecule has 1 aliphatic heterocycles. The highest BCUT2D eigenvalue weighted by molar-refractivity contribution is 9.10. The predicted octanol–water partition coefficient (Wildman–Crippen LogP) is 5.09. The highest BCUT2D eigenvalue weighted by Gasteiger charge is 2.25. The van der Waals surface area contributed by atoms with Crippen LogP contribution in [0.5, 0.6) is 0 Å². The lowest BCUT2D eigenvalue weighted by atomic mass is 9.95. The van der Waals surface area contributed by atoms with Crippen LogP contribution in [0, 0.1) is 11.7 Å². The van der Waals surface area contributed by atoms with Gasteiger partial charge in [0.2, 0.25) is 5.91 Å². The lowest BCUT2D eigenvalue weighted by Gasteiger charge is -2.31. The minimum Gasteiger partial charge on any atom is -0.326 e. The summed E-state index contributed by atoms with van der Waals surface area (Å²) in [5, 5.41) is 2.85. The monoisotopic (exact) mass is 424 g/mol. The Morgan fingerprint density at radius 3 is 2.52 bits per heavy atom. The lowest BCUT2D eigenvalue weighted by Crippen LogP contribution is -2.37. The van der Waals surface area contributed by atoms with Crippen molar-refractivity contribution in [3.05, 3.63) is 63.3 Å². The third-order valence-electron chi connectivity index (χ3n) is 4.46. The molecule has 25 heavy (non-hydrogen) atoms. The lowest BCUT2D eigenvalue weighted by molar-refractivity contribution is -0.121. The predicted molar refractivity (Wildman–Crippen MR) is 102 cm³/mol. The molecule has 6 heteroatoms. The number of nitrogens with zero attached hydrogens (tertiary/aromatic N) is 1. The largest absolute Gasteiger partial charge is 0.326 e. The van der Waals surface area contributed by atoms with Crippen molar-refractivity contribution in [2.24, 2.45) is 5.92 Å². The van der Waals surface area contributed by atoms with Gasteiger partial charge in [0.15, 0.2) is 0 Å². The summed E-state index contributed by atoms with van der Waals surface area (Å²) in [4.78, 5) is 14.8. The van der Waals surface area contributed by atoms with E-state index >= 15 is 0 Å². The molecule has 0 aliphatic carbocycles. The van der Waals surface area contributed by atoms with E-state index in [1.807, 2.05) is 12.1 Å². The van der Waals surface area contributed by atoms with Gasteiger partial charge in [-0.3, -0.25) is 9.69 Å². The van der Waals surface area contributed by atoms with Crippen molar-refractivity contribution in [2.45, 2.75) is 19.4 Å². The first-order chi connectivity index (χ1) is 12.0. The van der Waals surface area contributed by atoms with E-state index in [-0.39, 0.29) is 16.8 Å². The summed E-state index contributed by atoms with van der Waals surface area (Å²) in [5.74, 6) is -0.531. The summed E-state index contributed by atoms with van der Waals surface area (Å²) < 4.78 is 14.3. The Hall–Kier alpha value is -1.43. The fourth-order valence-electron chi connectivity index (χ4n) is 3.02. The van der Waals surface area contributed by atoms with Gasteiger partial charge in [-0.1, -0.05) is 39.7 Å². The molecule has 1 N–H and O–H groups in total. The van der Waals surface area contributed by atoms with Crippen LogP contribution in [0.15, 0.2) is 46.9 Å². The second-order valence-corrected chi connectivity index (χ2v) is 7.62. The Balaban J connectivity index is 1.50. The van der Waals surface area contributed by atoms with Gasteiger partial charge in [0, 0.05) is 22.6 Å². The minimum absolute atomic E-state index is 0.0158. The van der Waals surface area contributed by atoms with Crippen LogP contribution < -0.4 is 5.32 Å². The van der Waals surface area contributed by atoms with Crippen LogP contribution in [0.4, 0.5) is 10.1 Å². The molecule has 3 rings (SSSR count). The first-order valence-corrected chi connectivity index (χ1v) is 9.41. The summed E-state index contributed by atoms with van der Waals surface area (Å²) >= 11 is 9.20. The van der Waals surface area contributed by atoms with E-state index in [1.54, 1.807) is 0 Å². The molecule has 132 valence electrons. The minimum atomic E-state index is -0.485. The maximum Gasteiger partial charge on any atom is 0.227 e. The standard InChI is InChI=1S/C19H19BrClFN2O/c20-15-3-1-13(2-4-15)12-24-9-7-14(8-10-24)19(25)23-16-5-6-18(22)17(21)11-16/h1-6,11,14H,7-10,12H2,(H,23,25). The number of hydrogen-bond acceptors (Lipinski definition) is 2. The smallest absolute Gasteiger partial charge is 0.227 e. The number of carbonyl (C=O) groups excluding carboxylic acids is 1. The third kappa shape index (κ3) is 5.03. The summed E-state index contributed by atoms with van der Waals surface area (Å²) in [6.07, 6.45) is 1.63. The normalized spacial score (nSPS) is 16.0. The number of halogens is 3. The number of carbonyl (C=O) groups is 1. The Morgan fingerprint density at radius 2 is 1.88 bits per heavy atom. The van der Waals surface area contributed by atoms with E-state index in [1.165, 1.54) is 23.8 Å². The maximum absolute atomic E-state index is 13.2. The zero-order valence-electron chi connectivity index (χ0n) is 13.6. The zero-order chi connectivity index (χ0) is 17.8. The molecule has 0 bridgehead atoms. The first kappa shape index (κ1) is 18.4.